The molecule has 1 amide bonds. The van der Waals surface area contributed by atoms with Gasteiger partial charge in [0, 0.05) is 18.6 Å². The Labute approximate surface area is 133 Å². The maximum absolute atomic E-state index is 12.7. The molecule has 4 nitrogen and oxygen atoms in total. The van der Waals surface area contributed by atoms with Crippen LogP contribution in [0, 0.1) is 0 Å². The number of hydrogen-bond acceptors (Lipinski definition) is 3. The molecule has 0 radical (unpaired) electrons. The van der Waals surface area contributed by atoms with Gasteiger partial charge in [0.25, 0.3) is 0 Å². The molecule has 22 heavy (non-hydrogen) atoms. The lowest BCUT2D eigenvalue weighted by Crippen LogP contribution is -2.55. The van der Waals surface area contributed by atoms with Crippen molar-refractivity contribution in [2.45, 2.75) is 57.3 Å². The fourth-order valence-electron chi connectivity index (χ4n) is 3.65. The van der Waals surface area contributed by atoms with Gasteiger partial charge in [0.1, 0.15) is 0 Å². The highest BCUT2D eigenvalue weighted by atomic mass is 16.2. The van der Waals surface area contributed by atoms with E-state index in [1.165, 1.54) is 5.56 Å². The molecule has 4 heteroatoms. The van der Waals surface area contributed by atoms with Crippen molar-refractivity contribution in [2.24, 2.45) is 0 Å². The molecule has 0 saturated carbocycles. The average molecular weight is 301 g/mol. The minimum atomic E-state index is 0.0364. The predicted octanol–water partition coefficient (Wildman–Crippen LogP) is 1.91. The van der Waals surface area contributed by atoms with Gasteiger partial charge in [-0.3, -0.25) is 9.69 Å². The molecule has 2 fully saturated rings. The molecule has 2 N–H and O–H groups in total. The first kappa shape index (κ1) is 15.5. The van der Waals surface area contributed by atoms with E-state index in [1.807, 2.05) is 6.07 Å². The van der Waals surface area contributed by atoms with Gasteiger partial charge in [-0.1, -0.05) is 30.3 Å². The Balaban J connectivity index is 1.58. The van der Waals surface area contributed by atoms with Gasteiger partial charge in [-0.05, 0) is 51.3 Å². The molecule has 0 spiro atoms. The number of nitrogens with zero attached hydrogens (tertiary/aromatic N) is 1. The highest BCUT2D eigenvalue weighted by molar-refractivity contribution is 5.82. The van der Waals surface area contributed by atoms with Crippen LogP contribution in [-0.4, -0.2) is 42.0 Å². The van der Waals surface area contributed by atoms with E-state index in [0.717, 1.165) is 45.3 Å². The van der Waals surface area contributed by atoms with Gasteiger partial charge < -0.3 is 10.6 Å². The second kappa shape index (κ2) is 7.25. The maximum Gasteiger partial charge on any atom is 0.237 e. The van der Waals surface area contributed by atoms with Crippen LogP contribution >= 0.6 is 0 Å². The Morgan fingerprint density at radius 2 is 2.09 bits per heavy atom. The summed E-state index contributed by atoms with van der Waals surface area (Å²) < 4.78 is 0. The summed E-state index contributed by atoms with van der Waals surface area (Å²) in [6, 6.07) is 11.1. The zero-order valence-electron chi connectivity index (χ0n) is 13.4. The zero-order valence-corrected chi connectivity index (χ0v) is 13.4. The third-order valence-corrected chi connectivity index (χ3v) is 4.98. The first-order chi connectivity index (χ1) is 10.7. The fraction of sp³-hybridized carbons (Fsp3) is 0.611. The molecule has 3 rings (SSSR count). The van der Waals surface area contributed by atoms with Crippen LogP contribution in [0.4, 0.5) is 0 Å². The van der Waals surface area contributed by atoms with Crippen molar-refractivity contribution in [3.8, 4) is 0 Å². The lowest BCUT2D eigenvalue weighted by molar-refractivity contribution is -0.126. The van der Waals surface area contributed by atoms with E-state index in [4.69, 9.17) is 0 Å². The molecular formula is C18H27N3O. The number of amides is 1. The van der Waals surface area contributed by atoms with E-state index in [0.29, 0.717) is 6.04 Å². The molecule has 3 unspecified atom stereocenters. The molecule has 2 aliphatic heterocycles. The Morgan fingerprint density at radius 3 is 2.86 bits per heavy atom. The van der Waals surface area contributed by atoms with Crippen molar-refractivity contribution in [1.29, 1.82) is 0 Å². The normalized spacial score (nSPS) is 29.4. The van der Waals surface area contributed by atoms with Crippen molar-refractivity contribution >= 4 is 5.91 Å². The lowest BCUT2D eigenvalue weighted by atomic mass is 9.99. The molecular weight excluding hydrogens is 274 g/mol. The van der Waals surface area contributed by atoms with Crippen LogP contribution in [0.25, 0.3) is 0 Å². The number of nitrogens with one attached hydrogen (secondary N) is 2. The molecule has 1 aromatic rings. The van der Waals surface area contributed by atoms with E-state index in [9.17, 15) is 4.79 Å². The van der Waals surface area contributed by atoms with Gasteiger partial charge >= 0.3 is 0 Å². The SMILES string of the molecule is CC1NCCCC1NC(=O)C1CCCN1Cc1ccccc1. The van der Waals surface area contributed by atoms with Crippen molar-refractivity contribution < 1.29 is 4.79 Å². The minimum absolute atomic E-state index is 0.0364. The van der Waals surface area contributed by atoms with Crippen LogP contribution < -0.4 is 10.6 Å². The van der Waals surface area contributed by atoms with Crippen LogP contribution in [-0.2, 0) is 11.3 Å². The molecule has 1 aromatic carbocycles. The van der Waals surface area contributed by atoms with Crippen molar-refractivity contribution in [2.75, 3.05) is 13.1 Å². The predicted molar refractivity (Wildman–Crippen MR) is 88.5 cm³/mol. The van der Waals surface area contributed by atoms with Crippen molar-refractivity contribution in [1.82, 2.24) is 15.5 Å². The van der Waals surface area contributed by atoms with Gasteiger partial charge in [-0.2, -0.15) is 0 Å². The van der Waals surface area contributed by atoms with Gasteiger partial charge in [0.15, 0.2) is 0 Å². The largest absolute Gasteiger partial charge is 0.350 e. The lowest BCUT2D eigenvalue weighted by Gasteiger charge is -2.33. The van der Waals surface area contributed by atoms with E-state index in [2.05, 4.69) is 46.7 Å². The molecule has 0 aromatic heterocycles. The Kier molecular flexibility index (Phi) is 5.11. The second-order valence-electron chi connectivity index (χ2n) is 6.61. The molecule has 2 heterocycles. The Bertz CT molecular complexity index is 490. The van der Waals surface area contributed by atoms with E-state index in [1.54, 1.807) is 0 Å². The number of carbonyl (C=O) groups excluding carboxylic acids is 1. The number of hydrogen-bond donors (Lipinski definition) is 2. The van der Waals surface area contributed by atoms with Crippen LogP contribution in [0.3, 0.4) is 0 Å². The van der Waals surface area contributed by atoms with Crippen LogP contribution in [0.15, 0.2) is 30.3 Å². The first-order valence-corrected chi connectivity index (χ1v) is 8.56. The third-order valence-electron chi connectivity index (χ3n) is 4.98. The van der Waals surface area contributed by atoms with Gasteiger partial charge in [-0.25, -0.2) is 0 Å². The third kappa shape index (κ3) is 3.68. The van der Waals surface area contributed by atoms with Crippen LogP contribution in [0.2, 0.25) is 0 Å². The smallest absolute Gasteiger partial charge is 0.237 e. The second-order valence-corrected chi connectivity index (χ2v) is 6.61. The fourth-order valence-corrected chi connectivity index (χ4v) is 3.65. The summed E-state index contributed by atoms with van der Waals surface area (Å²) in [4.78, 5) is 15.0. The number of carbonyl (C=O) groups is 1. The Hall–Kier alpha value is -1.39. The van der Waals surface area contributed by atoms with Crippen LogP contribution in [0.1, 0.15) is 38.2 Å². The Morgan fingerprint density at radius 1 is 1.27 bits per heavy atom. The highest BCUT2D eigenvalue weighted by Gasteiger charge is 2.33. The summed E-state index contributed by atoms with van der Waals surface area (Å²) in [5.41, 5.74) is 1.29. The molecule has 0 bridgehead atoms. The number of benzene rings is 1. The molecule has 3 atom stereocenters. The van der Waals surface area contributed by atoms with Crippen molar-refractivity contribution in [3.05, 3.63) is 35.9 Å². The highest BCUT2D eigenvalue weighted by Crippen LogP contribution is 2.21. The number of likely N-dealkylation sites (tertiary alicyclic amines) is 1. The molecule has 2 aliphatic rings. The quantitative estimate of drug-likeness (QED) is 0.893. The minimum Gasteiger partial charge on any atom is -0.350 e. The van der Waals surface area contributed by atoms with E-state index >= 15 is 0 Å². The molecule has 120 valence electrons. The molecule has 0 aliphatic carbocycles. The molecule has 2 saturated heterocycles. The topological polar surface area (TPSA) is 44.4 Å². The average Bonchev–Trinajstić information content (AvgIpc) is 2.99. The summed E-state index contributed by atoms with van der Waals surface area (Å²) in [6.45, 7) is 5.13. The summed E-state index contributed by atoms with van der Waals surface area (Å²) in [5.74, 6) is 0.217. The summed E-state index contributed by atoms with van der Waals surface area (Å²) in [5, 5.41) is 6.73. The number of piperidine rings is 1. The summed E-state index contributed by atoms with van der Waals surface area (Å²) >= 11 is 0. The van der Waals surface area contributed by atoms with Gasteiger partial charge in [0.05, 0.1) is 6.04 Å². The van der Waals surface area contributed by atoms with E-state index in [-0.39, 0.29) is 18.0 Å². The van der Waals surface area contributed by atoms with Gasteiger partial charge in [0.2, 0.25) is 5.91 Å². The summed E-state index contributed by atoms with van der Waals surface area (Å²) in [7, 11) is 0. The zero-order chi connectivity index (χ0) is 15.4. The van der Waals surface area contributed by atoms with Gasteiger partial charge in [-0.15, -0.1) is 0 Å². The van der Waals surface area contributed by atoms with Crippen LogP contribution in [0.5, 0.6) is 0 Å². The maximum atomic E-state index is 12.7. The first-order valence-electron chi connectivity index (χ1n) is 8.56. The monoisotopic (exact) mass is 301 g/mol. The summed E-state index contributed by atoms with van der Waals surface area (Å²) in [6.07, 6.45) is 4.33. The number of rotatable bonds is 4. The van der Waals surface area contributed by atoms with Crippen molar-refractivity contribution in [3.63, 3.8) is 0 Å². The van der Waals surface area contributed by atoms with E-state index < -0.39 is 0 Å². The standard InChI is InChI=1S/C18H27N3O/c1-14-16(9-5-11-19-14)20-18(22)17-10-6-12-21(17)13-15-7-3-2-4-8-15/h2-4,7-8,14,16-17,19H,5-6,9-13H2,1H3,(H,20,22).